The van der Waals surface area contributed by atoms with Crippen molar-refractivity contribution in [3.8, 4) is 38.7 Å². The first-order valence-electron chi connectivity index (χ1n) is 9.55. The van der Waals surface area contributed by atoms with Gasteiger partial charge in [0.1, 0.15) is 10.8 Å². The number of alkyl halides is 3. The second-order valence-corrected chi connectivity index (χ2v) is 7.82. The molecule has 0 aliphatic rings. The van der Waals surface area contributed by atoms with E-state index in [0.29, 0.717) is 21.8 Å². The van der Waals surface area contributed by atoms with E-state index in [-0.39, 0.29) is 22.6 Å². The number of nitro benzene ring substituents is 1. The van der Waals surface area contributed by atoms with E-state index in [1.807, 2.05) is 0 Å². The molecule has 1 N–H and O–H groups in total. The Morgan fingerprint density at radius 1 is 1.00 bits per heavy atom. The molecule has 4 aromatic rings. The largest absolute Gasteiger partial charge is 0.511 e. The molecule has 0 atom stereocenters. The number of carboxylic acid groups (broad SMARTS) is 1. The summed E-state index contributed by atoms with van der Waals surface area (Å²) in [6, 6.07) is 14.9. The van der Waals surface area contributed by atoms with E-state index < -0.39 is 22.8 Å². The Kier molecular flexibility index (Phi) is 6.03. The van der Waals surface area contributed by atoms with Gasteiger partial charge in [-0.1, -0.05) is 30.3 Å². The fourth-order valence-electron chi connectivity index (χ4n) is 3.29. The molecule has 7 nitrogen and oxygen atoms in total. The Labute approximate surface area is 193 Å². The van der Waals surface area contributed by atoms with Gasteiger partial charge < -0.3 is 9.84 Å². The molecule has 0 spiro atoms. The second kappa shape index (κ2) is 8.94. The van der Waals surface area contributed by atoms with Gasteiger partial charge in [-0.15, -0.1) is 11.3 Å². The van der Waals surface area contributed by atoms with Crippen molar-refractivity contribution in [2.45, 2.75) is 6.18 Å². The van der Waals surface area contributed by atoms with E-state index in [1.165, 1.54) is 53.8 Å². The number of nitrogens with zero attached hydrogens (tertiary/aromatic N) is 2. The third kappa shape index (κ3) is 4.74. The molecule has 1 heterocycles. The molecule has 0 radical (unpaired) electrons. The average molecular weight is 486 g/mol. The van der Waals surface area contributed by atoms with Gasteiger partial charge in [-0.25, -0.2) is 9.78 Å². The molecule has 0 aliphatic heterocycles. The number of hydrogen-bond donors (Lipinski definition) is 1. The number of aromatic nitrogens is 1. The van der Waals surface area contributed by atoms with Crippen LogP contribution in [-0.4, -0.2) is 21.2 Å². The van der Waals surface area contributed by atoms with E-state index in [9.17, 15) is 28.1 Å². The molecular weight excluding hydrogens is 473 g/mol. The molecule has 0 unspecified atom stereocenters. The molecule has 3 aromatic carbocycles. The fourth-order valence-corrected chi connectivity index (χ4v) is 4.11. The monoisotopic (exact) mass is 486 g/mol. The number of benzene rings is 3. The van der Waals surface area contributed by atoms with Crippen LogP contribution in [0.15, 0.2) is 72.1 Å². The summed E-state index contributed by atoms with van der Waals surface area (Å²) in [5.74, 6) is -0.120. The Hall–Kier alpha value is -4.25. The van der Waals surface area contributed by atoms with E-state index in [2.05, 4.69) is 4.98 Å². The van der Waals surface area contributed by atoms with Gasteiger partial charge >= 0.3 is 12.3 Å². The van der Waals surface area contributed by atoms with Crippen LogP contribution in [0.1, 0.15) is 5.56 Å². The summed E-state index contributed by atoms with van der Waals surface area (Å²) in [6.07, 6.45) is -6.04. The van der Waals surface area contributed by atoms with Crippen molar-refractivity contribution in [2.24, 2.45) is 0 Å². The molecule has 0 saturated heterocycles. The van der Waals surface area contributed by atoms with Gasteiger partial charge in [0.05, 0.1) is 21.7 Å². The van der Waals surface area contributed by atoms with Crippen molar-refractivity contribution in [3.05, 3.63) is 87.8 Å². The molecular formula is C23H13F3N2O5S. The molecule has 1 aromatic heterocycles. The first kappa shape index (κ1) is 22.9. The molecule has 0 amide bonds. The number of rotatable bonds is 5. The Morgan fingerprint density at radius 3 is 2.32 bits per heavy atom. The number of halogens is 3. The predicted molar refractivity (Wildman–Crippen MR) is 119 cm³/mol. The van der Waals surface area contributed by atoms with Crippen LogP contribution in [0.4, 0.5) is 23.7 Å². The zero-order chi connectivity index (χ0) is 24.5. The van der Waals surface area contributed by atoms with Crippen LogP contribution < -0.4 is 4.74 Å². The predicted octanol–water partition coefficient (Wildman–Crippen LogP) is 7.13. The van der Waals surface area contributed by atoms with Crippen LogP contribution in [0.2, 0.25) is 0 Å². The Bertz CT molecular complexity index is 1380. The van der Waals surface area contributed by atoms with Gasteiger partial charge in [-0.05, 0) is 30.3 Å². The highest BCUT2D eigenvalue weighted by molar-refractivity contribution is 7.13. The maximum atomic E-state index is 12.8. The van der Waals surface area contributed by atoms with Crippen molar-refractivity contribution < 1.29 is 32.7 Å². The van der Waals surface area contributed by atoms with Crippen molar-refractivity contribution >= 4 is 23.2 Å². The second-order valence-electron chi connectivity index (χ2n) is 6.97. The lowest BCUT2D eigenvalue weighted by molar-refractivity contribution is -0.384. The quantitative estimate of drug-likeness (QED) is 0.139. The maximum absolute atomic E-state index is 12.8. The molecule has 34 heavy (non-hydrogen) atoms. The van der Waals surface area contributed by atoms with E-state index in [4.69, 9.17) is 9.84 Å². The van der Waals surface area contributed by atoms with Crippen molar-refractivity contribution in [2.75, 3.05) is 0 Å². The SMILES string of the molecule is O=C(O)Oc1cc(-c2nc(-c3ccc(C(F)(F)F)cc3)cs2)ccc1-c1ccccc1[N+](=O)[O-]. The molecule has 172 valence electrons. The number of carbonyl (C=O) groups is 1. The Balaban J connectivity index is 1.72. The number of hydrogen-bond acceptors (Lipinski definition) is 6. The molecule has 0 aliphatic carbocycles. The summed E-state index contributed by atoms with van der Waals surface area (Å²) in [6.45, 7) is 0. The van der Waals surface area contributed by atoms with Gasteiger partial charge in [0, 0.05) is 28.1 Å². The molecule has 0 fully saturated rings. The van der Waals surface area contributed by atoms with Crippen LogP contribution in [-0.2, 0) is 6.18 Å². The van der Waals surface area contributed by atoms with Crippen LogP contribution in [0.25, 0.3) is 33.0 Å². The molecule has 0 bridgehead atoms. The van der Waals surface area contributed by atoms with Gasteiger partial charge in [0.2, 0.25) is 0 Å². The summed E-state index contributed by atoms with van der Waals surface area (Å²) >= 11 is 1.20. The highest BCUT2D eigenvalue weighted by atomic mass is 32.1. The Morgan fingerprint density at radius 2 is 1.68 bits per heavy atom. The standard InChI is InChI=1S/C23H13F3N2O5S/c24-23(25,26)15-8-5-13(6-9-15)18-12-34-21(27-18)14-7-10-17(20(11-14)33-22(29)30)16-3-1-2-4-19(16)28(31)32/h1-12H,(H,29,30). The van der Waals surface area contributed by atoms with Crippen molar-refractivity contribution in [1.82, 2.24) is 4.98 Å². The summed E-state index contributed by atoms with van der Waals surface area (Å²) in [5.41, 5.74) is 0.794. The summed E-state index contributed by atoms with van der Waals surface area (Å²) in [4.78, 5) is 26.5. The van der Waals surface area contributed by atoms with Gasteiger partial charge in [0.25, 0.3) is 5.69 Å². The molecule has 4 rings (SSSR count). The summed E-state index contributed by atoms with van der Waals surface area (Å²) < 4.78 is 43.3. The van der Waals surface area contributed by atoms with Crippen LogP contribution in [0.3, 0.4) is 0 Å². The average Bonchev–Trinajstić information content (AvgIpc) is 3.28. The molecule has 0 saturated carbocycles. The van der Waals surface area contributed by atoms with Crippen LogP contribution in [0, 0.1) is 10.1 Å². The van der Waals surface area contributed by atoms with E-state index in [0.717, 1.165) is 12.1 Å². The van der Waals surface area contributed by atoms with E-state index in [1.54, 1.807) is 17.5 Å². The number of nitro groups is 1. The lowest BCUT2D eigenvalue weighted by Crippen LogP contribution is -2.05. The maximum Gasteiger partial charge on any atom is 0.511 e. The summed E-state index contributed by atoms with van der Waals surface area (Å²) in [5, 5.41) is 22.7. The minimum atomic E-state index is -4.44. The number of ether oxygens (including phenoxy) is 1. The third-order valence-electron chi connectivity index (χ3n) is 4.83. The lowest BCUT2D eigenvalue weighted by atomic mass is 10.0. The number of thiazole rings is 1. The molecule has 11 heteroatoms. The minimum absolute atomic E-state index is 0.120. The minimum Gasteiger partial charge on any atom is -0.449 e. The van der Waals surface area contributed by atoms with Gasteiger partial charge in [-0.3, -0.25) is 10.1 Å². The topological polar surface area (TPSA) is 103 Å². The van der Waals surface area contributed by atoms with E-state index >= 15 is 0 Å². The first-order valence-corrected chi connectivity index (χ1v) is 10.4. The van der Waals surface area contributed by atoms with Gasteiger partial charge in [0.15, 0.2) is 0 Å². The van der Waals surface area contributed by atoms with Crippen LogP contribution in [0.5, 0.6) is 5.75 Å². The first-order chi connectivity index (χ1) is 16.1. The third-order valence-corrected chi connectivity index (χ3v) is 5.72. The summed E-state index contributed by atoms with van der Waals surface area (Å²) in [7, 11) is 0. The highest BCUT2D eigenvalue weighted by Crippen LogP contribution is 2.40. The fraction of sp³-hybridized carbons (Fsp3) is 0.0435. The van der Waals surface area contributed by atoms with Crippen molar-refractivity contribution in [1.29, 1.82) is 0 Å². The van der Waals surface area contributed by atoms with Crippen molar-refractivity contribution in [3.63, 3.8) is 0 Å². The lowest BCUT2D eigenvalue weighted by Gasteiger charge is -2.10. The number of para-hydroxylation sites is 1. The smallest absolute Gasteiger partial charge is 0.449 e. The van der Waals surface area contributed by atoms with Crippen LogP contribution >= 0.6 is 11.3 Å². The zero-order valence-electron chi connectivity index (χ0n) is 16.9. The highest BCUT2D eigenvalue weighted by Gasteiger charge is 2.30. The van der Waals surface area contributed by atoms with Gasteiger partial charge in [-0.2, -0.15) is 13.2 Å². The zero-order valence-corrected chi connectivity index (χ0v) is 17.8. The normalized spacial score (nSPS) is 11.3.